The molecular weight excluding hydrogens is 278 g/mol. The lowest BCUT2D eigenvalue weighted by molar-refractivity contribution is 0.207. The molecule has 0 aliphatic heterocycles. The van der Waals surface area contributed by atoms with Crippen LogP contribution in [-0.4, -0.2) is 27.3 Å². The maximum absolute atomic E-state index is 4.54. The Balaban J connectivity index is 2.88. The molecule has 0 aliphatic rings. The predicted molar refractivity (Wildman–Crippen MR) is 76.1 cm³/mol. The van der Waals surface area contributed by atoms with Crippen LogP contribution in [0.1, 0.15) is 45.5 Å². The van der Waals surface area contributed by atoms with Gasteiger partial charge in [-0.2, -0.15) is 5.10 Å². The Morgan fingerprint density at radius 2 is 2.00 bits per heavy atom. The molecule has 0 unspecified atom stereocenters. The van der Waals surface area contributed by atoms with Crippen LogP contribution in [0.2, 0.25) is 0 Å². The van der Waals surface area contributed by atoms with Gasteiger partial charge in [0.15, 0.2) is 0 Å². The molecule has 0 fully saturated rings. The Morgan fingerprint density at radius 1 is 1.35 bits per heavy atom. The maximum atomic E-state index is 4.54. The molecule has 0 N–H and O–H groups in total. The Labute approximate surface area is 113 Å². The van der Waals surface area contributed by atoms with E-state index in [-0.39, 0.29) is 0 Å². The molecule has 1 aromatic rings. The first kappa shape index (κ1) is 14.7. The SMILES string of the molecule is CCCN(Cc1c(Br)c(CC)nn1C)C(C)C. The smallest absolute Gasteiger partial charge is 0.0767 e. The Kier molecular flexibility index (Phi) is 5.67. The van der Waals surface area contributed by atoms with Crippen molar-refractivity contribution < 1.29 is 0 Å². The minimum atomic E-state index is 0.571. The number of halogens is 1. The van der Waals surface area contributed by atoms with Crippen LogP contribution in [0.3, 0.4) is 0 Å². The van der Waals surface area contributed by atoms with E-state index in [2.05, 4.69) is 53.6 Å². The van der Waals surface area contributed by atoms with Crippen LogP contribution < -0.4 is 0 Å². The summed E-state index contributed by atoms with van der Waals surface area (Å²) in [5, 5.41) is 4.54. The second-order valence-corrected chi connectivity index (χ2v) is 5.54. The summed E-state index contributed by atoms with van der Waals surface area (Å²) in [4.78, 5) is 2.49. The van der Waals surface area contributed by atoms with Crippen LogP contribution in [0.15, 0.2) is 4.47 Å². The third kappa shape index (κ3) is 3.55. The highest BCUT2D eigenvalue weighted by Gasteiger charge is 2.17. The topological polar surface area (TPSA) is 21.1 Å². The van der Waals surface area contributed by atoms with Crippen LogP contribution in [0.4, 0.5) is 0 Å². The van der Waals surface area contributed by atoms with Gasteiger partial charge in [-0.1, -0.05) is 13.8 Å². The molecule has 0 spiro atoms. The number of hydrogen-bond acceptors (Lipinski definition) is 2. The first-order chi connectivity index (χ1) is 8.01. The molecule has 0 aromatic carbocycles. The number of aryl methyl sites for hydroxylation is 2. The Hall–Kier alpha value is -0.350. The second kappa shape index (κ2) is 6.55. The van der Waals surface area contributed by atoms with Gasteiger partial charge in [-0.15, -0.1) is 0 Å². The highest BCUT2D eigenvalue weighted by Crippen LogP contribution is 2.23. The lowest BCUT2D eigenvalue weighted by Crippen LogP contribution is -2.31. The minimum Gasteiger partial charge on any atom is -0.295 e. The van der Waals surface area contributed by atoms with E-state index in [1.807, 2.05) is 11.7 Å². The fraction of sp³-hybridized carbons (Fsp3) is 0.769. The molecule has 3 nitrogen and oxygen atoms in total. The maximum Gasteiger partial charge on any atom is 0.0767 e. The van der Waals surface area contributed by atoms with Gasteiger partial charge in [-0.3, -0.25) is 9.58 Å². The van der Waals surface area contributed by atoms with Crippen LogP contribution in [-0.2, 0) is 20.0 Å². The predicted octanol–water partition coefficient (Wildman–Crippen LogP) is 3.37. The van der Waals surface area contributed by atoms with Crippen LogP contribution in [0.25, 0.3) is 0 Å². The van der Waals surface area contributed by atoms with E-state index in [1.54, 1.807) is 0 Å². The summed E-state index contributed by atoms with van der Waals surface area (Å²) in [5.74, 6) is 0. The highest BCUT2D eigenvalue weighted by molar-refractivity contribution is 9.10. The summed E-state index contributed by atoms with van der Waals surface area (Å²) in [6.45, 7) is 11.0. The zero-order valence-electron chi connectivity index (χ0n) is 11.6. The van der Waals surface area contributed by atoms with Gasteiger partial charge in [0.25, 0.3) is 0 Å². The summed E-state index contributed by atoms with van der Waals surface area (Å²) in [6.07, 6.45) is 2.16. The van der Waals surface area contributed by atoms with Gasteiger partial charge in [-0.25, -0.2) is 0 Å². The van der Waals surface area contributed by atoms with E-state index in [0.717, 1.165) is 25.2 Å². The number of aromatic nitrogens is 2. The van der Waals surface area contributed by atoms with Crippen molar-refractivity contribution in [3.8, 4) is 0 Å². The molecule has 1 rings (SSSR count). The molecule has 0 aliphatic carbocycles. The van der Waals surface area contributed by atoms with E-state index >= 15 is 0 Å². The van der Waals surface area contributed by atoms with Gasteiger partial charge in [-0.05, 0) is 49.2 Å². The third-order valence-electron chi connectivity index (χ3n) is 3.10. The normalized spacial score (nSPS) is 11.8. The third-order valence-corrected chi connectivity index (χ3v) is 4.01. The molecule has 0 radical (unpaired) electrons. The Bertz CT molecular complexity index is 358. The standard InChI is InChI=1S/C13H24BrN3/c1-6-8-17(10(3)4)9-12-13(14)11(7-2)15-16(12)5/h10H,6-9H2,1-5H3. The molecule has 98 valence electrons. The molecule has 0 saturated carbocycles. The van der Waals surface area contributed by atoms with E-state index < -0.39 is 0 Å². The van der Waals surface area contributed by atoms with Crippen molar-refractivity contribution in [2.45, 2.75) is 53.1 Å². The number of hydrogen-bond donors (Lipinski definition) is 0. The van der Waals surface area contributed by atoms with Gasteiger partial charge >= 0.3 is 0 Å². The molecular formula is C13H24BrN3. The van der Waals surface area contributed by atoms with Crippen molar-refractivity contribution in [2.24, 2.45) is 7.05 Å². The summed E-state index contributed by atoms with van der Waals surface area (Å²) < 4.78 is 3.19. The van der Waals surface area contributed by atoms with Gasteiger partial charge in [0, 0.05) is 19.6 Å². The van der Waals surface area contributed by atoms with Gasteiger partial charge in [0.05, 0.1) is 15.9 Å². The van der Waals surface area contributed by atoms with Crippen molar-refractivity contribution in [1.29, 1.82) is 0 Å². The van der Waals surface area contributed by atoms with Crippen LogP contribution in [0.5, 0.6) is 0 Å². The summed E-state index contributed by atoms with van der Waals surface area (Å²) in [7, 11) is 2.03. The lowest BCUT2D eigenvalue weighted by Gasteiger charge is -2.26. The van der Waals surface area contributed by atoms with Crippen LogP contribution >= 0.6 is 15.9 Å². The van der Waals surface area contributed by atoms with Crippen molar-refractivity contribution in [3.63, 3.8) is 0 Å². The molecule has 0 saturated heterocycles. The first-order valence-corrected chi connectivity index (χ1v) is 7.24. The van der Waals surface area contributed by atoms with Gasteiger partial charge in [0.1, 0.15) is 0 Å². The largest absolute Gasteiger partial charge is 0.295 e. The fourth-order valence-electron chi connectivity index (χ4n) is 1.99. The minimum absolute atomic E-state index is 0.571. The van der Waals surface area contributed by atoms with Crippen molar-refractivity contribution in [2.75, 3.05) is 6.54 Å². The number of rotatable bonds is 6. The first-order valence-electron chi connectivity index (χ1n) is 6.45. The van der Waals surface area contributed by atoms with Gasteiger partial charge < -0.3 is 0 Å². The molecule has 1 aromatic heterocycles. The van der Waals surface area contributed by atoms with E-state index in [9.17, 15) is 0 Å². The quantitative estimate of drug-likeness (QED) is 0.803. The van der Waals surface area contributed by atoms with E-state index in [0.29, 0.717) is 6.04 Å². The summed E-state index contributed by atoms with van der Waals surface area (Å²) in [5.41, 5.74) is 2.44. The molecule has 0 atom stereocenters. The average molecular weight is 302 g/mol. The highest BCUT2D eigenvalue weighted by atomic mass is 79.9. The van der Waals surface area contributed by atoms with Crippen molar-refractivity contribution in [3.05, 3.63) is 15.9 Å². The zero-order chi connectivity index (χ0) is 13.0. The monoisotopic (exact) mass is 301 g/mol. The number of nitrogens with zero attached hydrogens (tertiary/aromatic N) is 3. The van der Waals surface area contributed by atoms with E-state index in [1.165, 1.54) is 16.6 Å². The van der Waals surface area contributed by atoms with Crippen molar-refractivity contribution >= 4 is 15.9 Å². The molecule has 1 heterocycles. The van der Waals surface area contributed by atoms with Crippen molar-refractivity contribution in [1.82, 2.24) is 14.7 Å². The van der Waals surface area contributed by atoms with E-state index in [4.69, 9.17) is 0 Å². The fourth-order valence-corrected chi connectivity index (χ4v) is 2.73. The Morgan fingerprint density at radius 3 is 2.41 bits per heavy atom. The molecule has 0 bridgehead atoms. The van der Waals surface area contributed by atoms with Gasteiger partial charge in [0.2, 0.25) is 0 Å². The molecule has 4 heteroatoms. The summed E-state index contributed by atoms with van der Waals surface area (Å²) in [6, 6.07) is 0.571. The molecule has 0 amide bonds. The molecule has 17 heavy (non-hydrogen) atoms. The average Bonchev–Trinajstić information content (AvgIpc) is 2.55. The van der Waals surface area contributed by atoms with Crippen LogP contribution in [0, 0.1) is 0 Å². The lowest BCUT2D eigenvalue weighted by atomic mass is 10.2. The summed E-state index contributed by atoms with van der Waals surface area (Å²) >= 11 is 3.68. The second-order valence-electron chi connectivity index (χ2n) is 4.75. The zero-order valence-corrected chi connectivity index (χ0v) is 13.2.